The molecule has 5 aromatic rings. The number of benzene rings is 5. The van der Waals surface area contributed by atoms with Crippen molar-refractivity contribution in [2.45, 2.75) is 17.8 Å². The SMILES string of the molecule is Cc1ccc(N2C(=O)[C@H]3[C@H](C2=O)[C@@]2(c4ccccc4)C(=O)[C@@]3(c3ccccc3)C(c3ccc4c(c3)OCO4)=C2c2ccc3c(c2)OCO3)c([N+](=O)[O-])c1. The van der Waals surface area contributed by atoms with E-state index in [1.807, 2.05) is 24.3 Å². The average molecular weight is 705 g/mol. The number of ether oxygens (including phenoxy) is 4. The number of carbonyl (C=O) groups is 3. The van der Waals surface area contributed by atoms with Crippen molar-refractivity contribution in [1.29, 1.82) is 0 Å². The van der Waals surface area contributed by atoms with Gasteiger partial charge in [-0.25, -0.2) is 4.90 Å². The lowest BCUT2D eigenvalue weighted by Gasteiger charge is -2.39. The van der Waals surface area contributed by atoms with Crippen LogP contribution in [0.2, 0.25) is 0 Å². The van der Waals surface area contributed by atoms with Gasteiger partial charge in [0.05, 0.1) is 27.6 Å². The van der Waals surface area contributed by atoms with Gasteiger partial charge in [-0.15, -0.1) is 0 Å². The molecule has 3 aliphatic heterocycles. The summed E-state index contributed by atoms with van der Waals surface area (Å²) in [5.41, 5.74) is -0.130. The molecule has 260 valence electrons. The van der Waals surface area contributed by atoms with E-state index in [0.29, 0.717) is 62.0 Å². The van der Waals surface area contributed by atoms with Gasteiger partial charge in [0.15, 0.2) is 28.8 Å². The van der Waals surface area contributed by atoms with Crippen LogP contribution in [0.1, 0.15) is 27.8 Å². The normalized spacial score (nSPS) is 24.7. The van der Waals surface area contributed by atoms with Crippen molar-refractivity contribution in [3.63, 3.8) is 0 Å². The molecule has 53 heavy (non-hydrogen) atoms. The van der Waals surface area contributed by atoms with Gasteiger partial charge < -0.3 is 18.9 Å². The minimum Gasteiger partial charge on any atom is -0.454 e. The van der Waals surface area contributed by atoms with E-state index in [0.717, 1.165) is 4.90 Å². The molecular weight excluding hydrogens is 676 g/mol. The maximum Gasteiger partial charge on any atom is 0.293 e. The number of ketones is 1. The molecule has 2 bridgehead atoms. The predicted molar refractivity (Wildman–Crippen MR) is 190 cm³/mol. The summed E-state index contributed by atoms with van der Waals surface area (Å²) in [5.74, 6) is -2.27. The lowest BCUT2D eigenvalue weighted by Crippen LogP contribution is -2.45. The van der Waals surface area contributed by atoms with Crippen LogP contribution in [0.3, 0.4) is 0 Å². The number of nitro benzene ring substituents is 1. The van der Waals surface area contributed by atoms with Crippen LogP contribution in [-0.2, 0) is 25.2 Å². The first-order valence-electron chi connectivity index (χ1n) is 17.1. The molecule has 5 aliphatic rings. The Bertz CT molecular complexity index is 2360. The van der Waals surface area contributed by atoms with Crippen molar-refractivity contribution in [3.8, 4) is 23.0 Å². The summed E-state index contributed by atoms with van der Waals surface area (Å²) in [6.45, 7) is 1.74. The number of fused-ring (bicyclic) bond motifs is 7. The number of carbonyl (C=O) groups excluding carboxylic acids is 3. The molecule has 11 heteroatoms. The molecule has 0 radical (unpaired) electrons. The van der Waals surface area contributed by atoms with Crippen molar-refractivity contribution >= 4 is 40.1 Å². The Morgan fingerprint density at radius 2 is 1.09 bits per heavy atom. The lowest BCUT2D eigenvalue weighted by atomic mass is 9.59. The molecule has 4 atom stereocenters. The first-order chi connectivity index (χ1) is 25.8. The van der Waals surface area contributed by atoms with E-state index in [1.165, 1.54) is 12.1 Å². The van der Waals surface area contributed by atoms with Crippen molar-refractivity contribution in [2.75, 3.05) is 18.5 Å². The Labute approximate surface area is 302 Å². The summed E-state index contributed by atoms with van der Waals surface area (Å²) >= 11 is 0. The molecule has 0 aromatic heterocycles. The molecule has 2 amide bonds. The maximum atomic E-state index is 16.2. The number of hydrogen-bond acceptors (Lipinski definition) is 9. The third-order valence-corrected chi connectivity index (χ3v) is 11.3. The van der Waals surface area contributed by atoms with Crippen LogP contribution in [0.5, 0.6) is 23.0 Å². The molecule has 2 fully saturated rings. The van der Waals surface area contributed by atoms with Crippen LogP contribution in [0, 0.1) is 28.9 Å². The van der Waals surface area contributed by atoms with Gasteiger partial charge in [0.2, 0.25) is 25.4 Å². The van der Waals surface area contributed by atoms with Crippen molar-refractivity contribution in [1.82, 2.24) is 0 Å². The molecular formula is C42H28N2O9. The van der Waals surface area contributed by atoms with E-state index in [9.17, 15) is 10.1 Å². The topological polar surface area (TPSA) is 135 Å². The molecule has 11 nitrogen and oxygen atoms in total. The van der Waals surface area contributed by atoms with Gasteiger partial charge in [-0.1, -0.05) is 78.9 Å². The summed E-state index contributed by atoms with van der Waals surface area (Å²) in [4.78, 5) is 59.7. The van der Waals surface area contributed by atoms with Crippen molar-refractivity contribution in [2.24, 2.45) is 11.8 Å². The zero-order valence-electron chi connectivity index (χ0n) is 28.1. The zero-order chi connectivity index (χ0) is 36.2. The highest BCUT2D eigenvalue weighted by Gasteiger charge is 2.83. The highest BCUT2D eigenvalue weighted by atomic mass is 16.7. The Hall–Kier alpha value is -6.75. The molecule has 1 saturated carbocycles. The van der Waals surface area contributed by atoms with E-state index in [1.54, 1.807) is 85.8 Å². The summed E-state index contributed by atoms with van der Waals surface area (Å²) < 4.78 is 23.0. The van der Waals surface area contributed by atoms with Gasteiger partial charge in [0.1, 0.15) is 5.69 Å². The van der Waals surface area contributed by atoms with Gasteiger partial charge in [-0.05, 0) is 76.2 Å². The number of nitro groups is 1. The smallest absolute Gasteiger partial charge is 0.293 e. The minimum atomic E-state index is -1.73. The van der Waals surface area contributed by atoms with Crippen molar-refractivity contribution in [3.05, 3.63) is 153 Å². The van der Waals surface area contributed by atoms with Crippen LogP contribution < -0.4 is 23.8 Å². The van der Waals surface area contributed by atoms with Gasteiger partial charge in [0, 0.05) is 6.07 Å². The minimum absolute atomic E-state index is 0.0194. The molecule has 10 rings (SSSR count). The van der Waals surface area contributed by atoms with Crippen molar-refractivity contribution < 1.29 is 38.3 Å². The molecule has 2 aliphatic carbocycles. The molecule has 5 aromatic carbocycles. The summed E-state index contributed by atoms with van der Waals surface area (Å²) in [5, 5.41) is 12.5. The Balaban J connectivity index is 1.36. The fourth-order valence-electron chi connectivity index (χ4n) is 9.43. The van der Waals surface area contributed by atoms with Gasteiger partial charge >= 0.3 is 0 Å². The Morgan fingerprint density at radius 3 is 1.57 bits per heavy atom. The van der Waals surface area contributed by atoms with E-state index in [4.69, 9.17) is 18.9 Å². The molecule has 0 N–H and O–H groups in total. The van der Waals surface area contributed by atoms with Crippen LogP contribution in [-0.4, -0.2) is 36.1 Å². The molecule has 0 spiro atoms. The van der Waals surface area contributed by atoms with E-state index < -0.39 is 39.4 Å². The average Bonchev–Trinajstić information content (AvgIpc) is 3.98. The largest absolute Gasteiger partial charge is 0.454 e. The van der Waals surface area contributed by atoms with Crippen LogP contribution in [0.15, 0.2) is 115 Å². The molecule has 1 saturated heterocycles. The number of allylic oxidation sites excluding steroid dienone is 2. The maximum absolute atomic E-state index is 16.2. The number of aryl methyl sites for hydroxylation is 1. The zero-order valence-corrected chi connectivity index (χ0v) is 28.1. The Morgan fingerprint density at radius 1 is 0.623 bits per heavy atom. The van der Waals surface area contributed by atoms with Gasteiger partial charge in [0.25, 0.3) is 5.69 Å². The van der Waals surface area contributed by atoms with Gasteiger partial charge in [-0.2, -0.15) is 0 Å². The summed E-state index contributed by atoms with van der Waals surface area (Å²) in [7, 11) is 0. The standard InChI is InChI=1S/C42H28N2O9/c1-23-12-15-28(29(18-23)44(48)49)43-38(45)36-37(39(43)46)42(27-10-6-3-7-11-27)35(25-14-17-31-33(20-25)53-22-51-31)34(24-13-16-30-32(19-24)52-21-50-30)41(36,40(42)47)26-8-4-2-5-9-26/h2-20,36-37H,21-22H2,1H3/t36-,37-,41+,42+/m1/s1. The second-order valence-corrected chi connectivity index (χ2v) is 13.8. The molecule has 3 heterocycles. The number of Topliss-reactive ketones (excluding diaryl/α,β-unsaturated/α-hetero) is 1. The number of nitrogens with zero attached hydrogens (tertiary/aromatic N) is 2. The van der Waals surface area contributed by atoms with Crippen LogP contribution in [0.25, 0.3) is 11.1 Å². The third kappa shape index (κ3) is 3.85. The number of imide groups is 1. The Kier molecular flexibility index (Phi) is 6.37. The van der Waals surface area contributed by atoms with E-state index in [2.05, 4.69) is 0 Å². The second-order valence-electron chi connectivity index (χ2n) is 13.8. The lowest BCUT2D eigenvalue weighted by molar-refractivity contribution is -0.384. The quantitative estimate of drug-likeness (QED) is 0.110. The first-order valence-corrected chi connectivity index (χ1v) is 17.1. The third-order valence-electron chi connectivity index (χ3n) is 11.3. The fraction of sp³-hybridized carbons (Fsp3) is 0.167. The summed E-state index contributed by atoms with van der Waals surface area (Å²) in [6, 6.07) is 33.3. The summed E-state index contributed by atoms with van der Waals surface area (Å²) in [6.07, 6.45) is 0. The number of hydrogen-bond donors (Lipinski definition) is 0. The second kappa shape index (κ2) is 10.9. The molecule has 0 unspecified atom stereocenters. The highest BCUT2D eigenvalue weighted by Crippen LogP contribution is 2.75. The fourth-order valence-corrected chi connectivity index (χ4v) is 9.43. The number of rotatable bonds is 6. The van der Waals surface area contributed by atoms with Crippen LogP contribution in [0.4, 0.5) is 11.4 Å². The number of anilines is 1. The first kappa shape index (κ1) is 31.0. The van der Waals surface area contributed by atoms with Gasteiger partial charge in [-0.3, -0.25) is 24.5 Å². The van der Waals surface area contributed by atoms with E-state index >= 15 is 14.4 Å². The monoisotopic (exact) mass is 704 g/mol. The predicted octanol–water partition coefficient (Wildman–Crippen LogP) is 6.55. The number of amides is 2. The highest BCUT2D eigenvalue weighted by molar-refractivity contribution is 6.39. The van der Waals surface area contributed by atoms with E-state index in [-0.39, 0.29) is 30.7 Å². The van der Waals surface area contributed by atoms with Crippen LogP contribution >= 0.6 is 0 Å².